The number of hydrogen-bond acceptors (Lipinski definition) is 8. The monoisotopic (exact) mass is 516 g/mol. The van der Waals surface area contributed by atoms with Crippen LogP contribution in [-0.4, -0.2) is 81.1 Å². The number of hydrogen-bond donors (Lipinski definition) is 0. The lowest BCUT2D eigenvalue weighted by atomic mass is 10.3. The van der Waals surface area contributed by atoms with Gasteiger partial charge in [0.2, 0.25) is 20.0 Å². The molecule has 3 rings (SSSR count). The topological polar surface area (TPSA) is 112 Å². The normalized spacial score (nSPS) is 14.3. The second kappa shape index (κ2) is 11.7. The third-order valence-corrected chi connectivity index (χ3v) is 8.90. The van der Waals surface area contributed by atoms with Gasteiger partial charge in [0.25, 0.3) is 0 Å². The molecule has 1 heterocycles. The molecule has 1 aliphatic heterocycles. The smallest absolute Gasteiger partial charge is 0.243 e. The Labute approximate surface area is 202 Å². The van der Waals surface area contributed by atoms with Crippen molar-refractivity contribution in [3.05, 3.63) is 36.4 Å². The summed E-state index contributed by atoms with van der Waals surface area (Å²) in [5, 5.41) is 0. The molecule has 1 fully saturated rings. The Morgan fingerprint density at radius 2 is 1.09 bits per heavy atom. The Morgan fingerprint density at radius 3 is 1.50 bits per heavy atom. The van der Waals surface area contributed by atoms with Gasteiger partial charge in [0.15, 0.2) is 23.0 Å². The van der Waals surface area contributed by atoms with Crippen LogP contribution in [0, 0.1) is 0 Å². The Balaban J connectivity index is 0.000000242. The third-order valence-electron chi connectivity index (χ3n) is 5.19. The number of nitrogens with zero attached hydrogens (tertiary/aromatic N) is 2. The van der Waals surface area contributed by atoms with Crippen molar-refractivity contribution in [2.45, 2.75) is 22.6 Å². The van der Waals surface area contributed by atoms with Crippen molar-refractivity contribution < 1.29 is 35.8 Å². The van der Waals surface area contributed by atoms with Crippen molar-refractivity contribution in [2.75, 3.05) is 55.6 Å². The molecule has 1 aliphatic rings. The van der Waals surface area contributed by atoms with E-state index in [4.69, 9.17) is 18.9 Å². The zero-order valence-electron chi connectivity index (χ0n) is 20.3. The second-order valence-corrected chi connectivity index (χ2v) is 11.5. The minimum Gasteiger partial charge on any atom is -0.493 e. The van der Waals surface area contributed by atoms with E-state index in [2.05, 4.69) is 0 Å². The van der Waals surface area contributed by atoms with Crippen LogP contribution < -0.4 is 18.9 Å². The molecule has 0 saturated carbocycles. The van der Waals surface area contributed by atoms with E-state index in [1.54, 1.807) is 18.2 Å². The van der Waals surface area contributed by atoms with Gasteiger partial charge in [-0.05, 0) is 37.1 Å². The van der Waals surface area contributed by atoms with Crippen LogP contribution in [0.15, 0.2) is 46.2 Å². The van der Waals surface area contributed by atoms with Crippen LogP contribution >= 0.6 is 0 Å². The van der Waals surface area contributed by atoms with E-state index in [1.165, 1.54) is 65.0 Å². The Morgan fingerprint density at radius 1 is 0.676 bits per heavy atom. The van der Waals surface area contributed by atoms with E-state index in [1.807, 2.05) is 0 Å². The third kappa shape index (κ3) is 6.12. The molecule has 1 saturated heterocycles. The lowest BCUT2D eigenvalue weighted by molar-refractivity contribution is 0.353. The first-order valence-electron chi connectivity index (χ1n) is 10.4. The summed E-state index contributed by atoms with van der Waals surface area (Å²) in [4.78, 5) is 0.428. The molecule has 0 radical (unpaired) electrons. The summed E-state index contributed by atoms with van der Waals surface area (Å²) in [6, 6.07) is 9.16. The first-order chi connectivity index (χ1) is 16.0. The zero-order valence-corrected chi connectivity index (χ0v) is 21.9. The van der Waals surface area contributed by atoms with E-state index < -0.39 is 20.0 Å². The van der Waals surface area contributed by atoms with Crippen molar-refractivity contribution in [1.29, 1.82) is 0 Å². The molecule has 10 nitrogen and oxygen atoms in total. The minimum atomic E-state index is -3.44. The van der Waals surface area contributed by atoms with Gasteiger partial charge >= 0.3 is 0 Å². The highest BCUT2D eigenvalue weighted by atomic mass is 32.2. The maximum absolute atomic E-state index is 12.3. The fourth-order valence-electron chi connectivity index (χ4n) is 3.24. The van der Waals surface area contributed by atoms with Crippen molar-refractivity contribution in [2.24, 2.45) is 0 Å². The summed E-state index contributed by atoms with van der Waals surface area (Å²) >= 11 is 0. The van der Waals surface area contributed by atoms with E-state index >= 15 is 0 Å². The summed E-state index contributed by atoms with van der Waals surface area (Å²) in [6.07, 6.45) is 1.85. The minimum absolute atomic E-state index is 0.176. The van der Waals surface area contributed by atoms with Gasteiger partial charge in [0.1, 0.15) is 0 Å². The van der Waals surface area contributed by atoms with Crippen LogP contribution in [0.4, 0.5) is 0 Å². The molecule has 0 N–H and O–H groups in total. The lowest BCUT2D eigenvalue weighted by Gasteiger charge is -2.16. The highest BCUT2D eigenvalue weighted by Crippen LogP contribution is 2.32. The molecular formula is C22H32N2O8S2. The first kappa shape index (κ1) is 27.7. The fourth-order valence-corrected chi connectivity index (χ4v) is 5.69. The molecule has 34 heavy (non-hydrogen) atoms. The van der Waals surface area contributed by atoms with Gasteiger partial charge in [-0.25, -0.2) is 21.1 Å². The second-order valence-electron chi connectivity index (χ2n) is 7.43. The Bertz CT molecular complexity index is 1180. The molecule has 0 aliphatic carbocycles. The van der Waals surface area contributed by atoms with Crippen LogP contribution in [0.5, 0.6) is 23.0 Å². The number of ether oxygens (including phenoxy) is 4. The Hall–Kier alpha value is -2.54. The number of rotatable bonds is 8. The summed E-state index contributed by atoms with van der Waals surface area (Å²) in [5.41, 5.74) is 0. The van der Waals surface area contributed by atoms with Gasteiger partial charge < -0.3 is 18.9 Å². The van der Waals surface area contributed by atoms with Crippen LogP contribution in [0.1, 0.15) is 12.8 Å². The molecule has 190 valence electrons. The summed E-state index contributed by atoms with van der Waals surface area (Å²) in [7, 11) is 2.09. The number of methoxy groups -OCH3 is 4. The lowest BCUT2D eigenvalue weighted by Crippen LogP contribution is -2.27. The zero-order chi connectivity index (χ0) is 25.5. The number of sulfonamides is 2. The molecule has 12 heteroatoms. The average Bonchev–Trinajstić information content (AvgIpc) is 3.39. The molecule has 0 aromatic heterocycles. The van der Waals surface area contributed by atoms with Gasteiger partial charge in [0.05, 0.1) is 38.2 Å². The SMILES string of the molecule is COc1ccc(S(=O)(=O)N(C)C)cc1OC.COc1ccc(S(=O)(=O)N2CCCC2)cc1OC. The van der Waals surface area contributed by atoms with Gasteiger partial charge in [-0.15, -0.1) is 0 Å². The number of benzene rings is 2. The summed E-state index contributed by atoms with van der Waals surface area (Å²) in [5.74, 6) is 1.85. The molecule has 0 unspecified atom stereocenters. The van der Waals surface area contributed by atoms with E-state index in [0.717, 1.165) is 17.1 Å². The fraction of sp³-hybridized carbons (Fsp3) is 0.455. The Kier molecular flexibility index (Phi) is 9.56. The van der Waals surface area contributed by atoms with Crippen LogP contribution in [0.2, 0.25) is 0 Å². The van der Waals surface area contributed by atoms with Crippen molar-refractivity contribution >= 4 is 20.0 Å². The van der Waals surface area contributed by atoms with Crippen molar-refractivity contribution in [1.82, 2.24) is 8.61 Å². The van der Waals surface area contributed by atoms with E-state index in [-0.39, 0.29) is 9.79 Å². The van der Waals surface area contributed by atoms with Gasteiger partial charge in [-0.3, -0.25) is 0 Å². The summed E-state index contributed by atoms with van der Waals surface area (Å²) in [6.45, 7) is 1.19. The largest absolute Gasteiger partial charge is 0.493 e. The van der Waals surface area contributed by atoms with Crippen LogP contribution in [-0.2, 0) is 20.0 Å². The highest BCUT2D eigenvalue weighted by molar-refractivity contribution is 7.89. The molecule has 0 spiro atoms. The van der Waals surface area contributed by atoms with Gasteiger partial charge in [-0.2, -0.15) is 4.31 Å². The van der Waals surface area contributed by atoms with Gasteiger partial charge in [0, 0.05) is 39.3 Å². The van der Waals surface area contributed by atoms with Crippen molar-refractivity contribution in [3.8, 4) is 23.0 Å². The molecule has 0 atom stereocenters. The molecular weight excluding hydrogens is 484 g/mol. The van der Waals surface area contributed by atoms with E-state index in [9.17, 15) is 16.8 Å². The van der Waals surface area contributed by atoms with Crippen LogP contribution in [0.25, 0.3) is 0 Å². The maximum atomic E-state index is 12.3. The standard InChI is InChI=1S/C12H17NO4S.C10H15NO4S/c1-16-11-6-5-10(9-12(11)17-2)18(14,15)13-7-3-4-8-13;1-11(2)16(12,13)8-5-6-9(14-3)10(7-8)15-4/h5-6,9H,3-4,7-8H2,1-2H3;5-7H,1-4H3. The molecule has 0 amide bonds. The van der Waals surface area contributed by atoms with Gasteiger partial charge in [-0.1, -0.05) is 0 Å². The molecule has 2 aromatic rings. The first-order valence-corrected chi connectivity index (χ1v) is 13.3. The quantitative estimate of drug-likeness (QED) is 0.526. The van der Waals surface area contributed by atoms with Crippen LogP contribution in [0.3, 0.4) is 0 Å². The van der Waals surface area contributed by atoms with Crippen molar-refractivity contribution in [3.63, 3.8) is 0 Å². The molecule has 2 aromatic carbocycles. The predicted molar refractivity (Wildman–Crippen MR) is 128 cm³/mol. The highest BCUT2D eigenvalue weighted by Gasteiger charge is 2.28. The predicted octanol–water partition coefficient (Wildman–Crippen LogP) is 2.44. The average molecular weight is 517 g/mol. The van der Waals surface area contributed by atoms with E-state index in [0.29, 0.717) is 36.1 Å². The maximum Gasteiger partial charge on any atom is 0.243 e. The summed E-state index contributed by atoms with van der Waals surface area (Å²) < 4.78 is 71.3. The molecule has 0 bridgehead atoms.